The first-order valence-corrected chi connectivity index (χ1v) is 8.68. The van der Waals surface area contributed by atoms with Crippen LogP contribution in [0.5, 0.6) is 0 Å². The number of hydrogen-bond donors (Lipinski definition) is 2. The van der Waals surface area contributed by atoms with Crippen LogP contribution in [0.2, 0.25) is 0 Å². The predicted molar refractivity (Wildman–Crippen MR) is 93.5 cm³/mol. The Bertz CT molecular complexity index is 898. The highest BCUT2D eigenvalue weighted by Crippen LogP contribution is 2.41. The van der Waals surface area contributed by atoms with Crippen molar-refractivity contribution in [3.05, 3.63) is 65.0 Å². The first-order chi connectivity index (χ1) is 12.5. The lowest BCUT2D eigenvalue weighted by Gasteiger charge is -2.32. The van der Waals surface area contributed by atoms with Crippen LogP contribution in [0.25, 0.3) is 0 Å². The van der Waals surface area contributed by atoms with Crippen LogP contribution in [0.3, 0.4) is 0 Å². The molecule has 1 aliphatic heterocycles. The Morgan fingerprint density at radius 1 is 1.15 bits per heavy atom. The molecule has 1 spiro atoms. The number of para-hydroxylation sites is 1. The van der Waals surface area contributed by atoms with Crippen LogP contribution in [-0.2, 0) is 17.6 Å². The second-order valence-corrected chi connectivity index (χ2v) is 7.01. The van der Waals surface area contributed by atoms with E-state index in [1.807, 2.05) is 6.07 Å². The van der Waals surface area contributed by atoms with E-state index in [-0.39, 0.29) is 17.0 Å². The molecular formula is C20H19FN2O3. The molecule has 2 amide bonds. The van der Waals surface area contributed by atoms with Crippen molar-refractivity contribution in [2.75, 3.05) is 11.6 Å². The van der Waals surface area contributed by atoms with Gasteiger partial charge in [0, 0.05) is 12.1 Å². The average molecular weight is 354 g/mol. The molecule has 5 nitrogen and oxygen atoms in total. The summed E-state index contributed by atoms with van der Waals surface area (Å²) < 4.78 is 13.8. The molecule has 0 bridgehead atoms. The van der Waals surface area contributed by atoms with E-state index in [2.05, 4.69) is 5.32 Å². The lowest BCUT2D eigenvalue weighted by Crippen LogP contribution is -2.36. The molecule has 1 saturated heterocycles. The number of rotatable bonds is 2. The van der Waals surface area contributed by atoms with Gasteiger partial charge in [-0.15, -0.1) is 0 Å². The number of halogens is 1. The molecule has 2 N–H and O–H groups in total. The Morgan fingerprint density at radius 3 is 2.69 bits per heavy atom. The SMILES string of the molecule is O=C(c1ccc2c(c1)CC[C@@]1(CCNC1=O)C2)N(O)c1ccccc1F. The zero-order valence-electron chi connectivity index (χ0n) is 14.2. The lowest BCUT2D eigenvalue weighted by molar-refractivity contribution is -0.128. The molecule has 0 radical (unpaired) electrons. The van der Waals surface area contributed by atoms with Gasteiger partial charge in [-0.25, -0.2) is 4.39 Å². The van der Waals surface area contributed by atoms with Gasteiger partial charge in [-0.2, -0.15) is 5.06 Å². The van der Waals surface area contributed by atoms with Crippen LogP contribution in [0.1, 0.15) is 34.3 Å². The van der Waals surface area contributed by atoms with Crippen LogP contribution in [0.15, 0.2) is 42.5 Å². The number of carbonyl (C=O) groups excluding carboxylic acids is 2. The fraction of sp³-hybridized carbons (Fsp3) is 0.300. The summed E-state index contributed by atoms with van der Waals surface area (Å²) in [6.07, 6.45) is 2.96. The van der Waals surface area contributed by atoms with Crippen LogP contribution in [0, 0.1) is 11.2 Å². The maximum Gasteiger partial charge on any atom is 0.282 e. The third kappa shape index (κ3) is 2.66. The van der Waals surface area contributed by atoms with Gasteiger partial charge in [0.15, 0.2) is 0 Å². The molecule has 134 valence electrons. The molecule has 2 aromatic carbocycles. The van der Waals surface area contributed by atoms with Crippen molar-refractivity contribution in [1.29, 1.82) is 0 Å². The highest BCUT2D eigenvalue weighted by molar-refractivity contribution is 6.04. The Balaban J connectivity index is 1.59. The standard InChI is InChI=1S/C20H19FN2O3/c21-16-3-1-2-4-17(16)23(26)18(24)14-5-6-15-12-20(8-7-13(15)11-14)9-10-22-19(20)25/h1-6,11,26H,7-10,12H2,(H,22,25)/t20-/m1/s1. The van der Waals surface area contributed by atoms with E-state index in [1.54, 1.807) is 18.2 Å². The number of aryl methyl sites for hydroxylation is 1. The number of amides is 2. The molecule has 1 fully saturated rings. The minimum Gasteiger partial charge on any atom is -0.356 e. The molecule has 4 rings (SSSR count). The van der Waals surface area contributed by atoms with Gasteiger partial charge in [-0.05, 0) is 61.1 Å². The molecule has 1 atom stereocenters. The smallest absolute Gasteiger partial charge is 0.282 e. The molecule has 0 aromatic heterocycles. The fourth-order valence-corrected chi connectivity index (χ4v) is 3.97. The van der Waals surface area contributed by atoms with Crippen LogP contribution in [-0.4, -0.2) is 23.6 Å². The third-order valence-corrected chi connectivity index (χ3v) is 5.50. The van der Waals surface area contributed by atoms with Crippen molar-refractivity contribution in [3.8, 4) is 0 Å². The van der Waals surface area contributed by atoms with E-state index < -0.39 is 11.7 Å². The number of anilines is 1. The summed E-state index contributed by atoms with van der Waals surface area (Å²) in [7, 11) is 0. The first-order valence-electron chi connectivity index (χ1n) is 8.68. The molecule has 2 aromatic rings. The van der Waals surface area contributed by atoms with Gasteiger partial charge in [-0.3, -0.25) is 14.8 Å². The number of carbonyl (C=O) groups is 2. The van der Waals surface area contributed by atoms with Gasteiger partial charge >= 0.3 is 0 Å². The summed E-state index contributed by atoms with van der Waals surface area (Å²) in [5.41, 5.74) is 1.84. The van der Waals surface area contributed by atoms with Crippen molar-refractivity contribution in [2.24, 2.45) is 5.41 Å². The normalized spacial score (nSPS) is 21.4. The van der Waals surface area contributed by atoms with E-state index >= 15 is 0 Å². The monoisotopic (exact) mass is 354 g/mol. The maximum atomic E-state index is 13.8. The molecule has 0 unspecified atom stereocenters. The second-order valence-electron chi connectivity index (χ2n) is 7.01. The van der Waals surface area contributed by atoms with E-state index in [9.17, 15) is 19.2 Å². The van der Waals surface area contributed by atoms with E-state index in [4.69, 9.17) is 0 Å². The molecule has 2 aliphatic rings. The van der Waals surface area contributed by atoms with E-state index in [1.165, 1.54) is 18.2 Å². The molecule has 0 saturated carbocycles. The fourth-order valence-electron chi connectivity index (χ4n) is 3.97. The van der Waals surface area contributed by atoms with Gasteiger partial charge in [-0.1, -0.05) is 18.2 Å². The number of benzene rings is 2. The van der Waals surface area contributed by atoms with Gasteiger partial charge in [0.2, 0.25) is 5.91 Å². The number of hydroxylamine groups is 1. The van der Waals surface area contributed by atoms with Gasteiger partial charge in [0.1, 0.15) is 11.5 Å². The Morgan fingerprint density at radius 2 is 1.96 bits per heavy atom. The third-order valence-electron chi connectivity index (χ3n) is 5.50. The molecular weight excluding hydrogens is 335 g/mol. The Kier molecular flexibility index (Phi) is 4.00. The highest BCUT2D eigenvalue weighted by Gasteiger charge is 2.44. The minimum atomic E-state index is -0.684. The Labute approximate surface area is 150 Å². The maximum absolute atomic E-state index is 13.8. The molecule has 1 heterocycles. The van der Waals surface area contributed by atoms with Crippen molar-refractivity contribution in [2.45, 2.75) is 25.7 Å². The zero-order valence-corrected chi connectivity index (χ0v) is 14.2. The van der Waals surface area contributed by atoms with Crippen LogP contribution in [0.4, 0.5) is 10.1 Å². The highest BCUT2D eigenvalue weighted by atomic mass is 19.1. The number of hydrogen-bond acceptors (Lipinski definition) is 3. The molecule has 26 heavy (non-hydrogen) atoms. The number of nitrogens with zero attached hydrogens (tertiary/aromatic N) is 1. The largest absolute Gasteiger partial charge is 0.356 e. The van der Waals surface area contributed by atoms with Crippen molar-refractivity contribution < 1.29 is 19.2 Å². The summed E-state index contributed by atoms with van der Waals surface area (Å²) in [5, 5.41) is 13.4. The summed E-state index contributed by atoms with van der Waals surface area (Å²) in [4.78, 5) is 24.7. The van der Waals surface area contributed by atoms with Crippen molar-refractivity contribution >= 4 is 17.5 Å². The molecule has 1 aliphatic carbocycles. The number of nitrogens with one attached hydrogen (secondary N) is 1. The average Bonchev–Trinajstić information content (AvgIpc) is 3.00. The van der Waals surface area contributed by atoms with Crippen molar-refractivity contribution in [3.63, 3.8) is 0 Å². The Hall–Kier alpha value is -2.73. The lowest BCUT2D eigenvalue weighted by atomic mass is 9.70. The van der Waals surface area contributed by atoms with E-state index in [0.29, 0.717) is 30.0 Å². The minimum absolute atomic E-state index is 0.115. The number of fused-ring (bicyclic) bond motifs is 1. The first kappa shape index (κ1) is 16.7. The van der Waals surface area contributed by atoms with Crippen LogP contribution < -0.4 is 10.4 Å². The summed E-state index contributed by atoms with van der Waals surface area (Å²) in [6.45, 7) is 0.715. The zero-order chi connectivity index (χ0) is 18.3. The topological polar surface area (TPSA) is 69.6 Å². The summed E-state index contributed by atoms with van der Waals surface area (Å²) in [6, 6.07) is 10.8. The summed E-state index contributed by atoms with van der Waals surface area (Å²) >= 11 is 0. The predicted octanol–water partition coefficient (Wildman–Crippen LogP) is 2.86. The van der Waals surface area contributed by atoms with Crippen LogP contribution >= 0.6 is 0 Å². The molecule has 6 heteroatoms. The van der Waals surface area contributed by atoms with E-state index in [0.717, 1.165) is 24.0 Å². The van der Waals surface area contributed by atoms with Crippen molar-refractivity contribution in [1.82, 2.24) is 5.32 Å². The van der Waals surface area contributed by atoms with Gasteiger partial charge in [0.25, 0.3) is 5.91 Å². The quantitative estimate of drug-likeness (QED) is 0.644. The summed E-state index contributed by atoms with van der Waals surface area (Å²) in [5.74, 6) is -1.24. The van der Waals surface area contributed by atoms with Gasteiger partial charge in [0.05, 0.1) is 5.41 Å². The second kappa shape index (κ2) is 6.21. The van der Waals surface area contributed by atoms with Gasteiger partial charge < -0.3 is 5.32 Å².